The van der Waals surface area contributed by atoms with E-state index in [1.54, 1.807) is 45.0 Å². The van der Waals surface area contributed by atoms with Crippen LogP contribution in [0, 0.1) is 0 Å². The van der Waals surface area contributed by atoms with Crippen molar-refractivity contribution in [2.45, 2.75) is 32.4 Å². The van der Waals surface area contributed by atoms with Crippen molar-refractivity contribution >= 4 is 17.9 Å². The fourth-order valence-electron chi connectivity index (χ4n) is 2.44. The van der Waals surface area contributed by atoms with E-state index >= 15 is 0 Å². The van der Waals surface area contributed by atoms with Gasteiger partial charge in [-0.15, -0.1) is 0 Å². The zero-order chi connectivity index (χ0) is 17.9. The van der Waals surface area contributed by atoms with E-state index in [2.05, 4.69) is 5.32 Å². The number of carbonyl (C=O) groups excluding carboxylic acids is 3. The van der Waals surface area contributed by atoms with Gasteiger partial charge in [-0.25, -0.2) is 4.79 Å². The van der Waals surface area contributed by atoms with Crippen LogP contribution in [0.15, 0.2) is 24.3 Å². The first-order valence-corrected chi connectivity index (χ1v) is 7.66. The molecular weight excluding hydrogens is 312 g/mol. The molecule has 3 amide bonds. The van der Waals surface area contributed by atoms with E-state index in [-0.39, 0.29) is 25.0 Å². The molecule has 7 nitrogen and oxygen atoms in total. The molecule has 1 aliphatic heterocycles. The van der Waals surface area contributed by atoms with Gasteiger partial charge in [0.05, 0.1) is 30.3 Å². The van der Waals surface area contributed by atoms with Gasteiger partial charge in [-0.05, 0) is 32.9 Å². The highest BCUT2D eigenvalue weighted by molar-refractivity contribution is 6.21. The fraction of sp³-hybridized carbons (Fsp3) is 0.471. The minimum absolute atomic E-state index is 0.0133. The third-order valence-corrected chi connectivity index (χ3v) is 3.37. The van der Waals surface area contributed by atoms with Crippen LogP contribution in [0.2, 0.25) is 0 Å². The van der Waals surface area contributed by atoms with Crippen molar-refractivity contribution in [3.05, 3.63) is 35.4 Å². The second-order valence-corrected chi connectivity index (χ2v) is 6.56. The number of nitrogens with one attached hydrogen (secondary N) is 1. The van der Waals surface area contributed by atoms with Gasteiger partial charge in [-0.2, -0.15) is 0 Å². The molecule has 0 unspecified atom stereocenters. The van der Waals surface area contributed by atoms with Crippen LogP contribution in [0.3, 0.4) is 0 Å². The maximum Gasteiger partial charge on any atom is 0.408 e. The maximum atomic E-state index is 12.4. The standard InChI is InChI=1S/C17H22N2O5/c1-17(2,3)24-16(22)18-11(10-23-4)9-19-14(20)12-7-5-6-8-13(12)15(19)21/h5-8,11H,9-10H2,1-4H3,(H,18,22)/t11-/m1/s1. The Hall–Kier alpha value is -2.41. The molecule has 1 aromatic carbocycles. The summed E-state index contributed by atoms with van der Waals surface area (Å²) in [6.45, 7) is 5.41. The van der Waals surface area contributed by atoms with Crippen molar-refractivity contribution in [3.63, 3.8) is 0 Å². The number of ether oxygens (including phenoxy) is 2. The second kappa shape index (κ2) is 7.00. The molecule has 0 aliphatic carbocycles. The molecule has 0 aromatic heterocycles. The lowest BCUT2D eigenvalue weighted by Gasteiger charge is -2.25. The van der Waals surface area contributed by atoms with E-state index in [4.69, 9.17) is 9.47 Å². The topological polar surface area (TPSA) is 84.9 Å². The molecule has 2 rings (SSSR count). The van der Waals surface area contributed by atoms with Crippen LogP contribution in [0.5, 0.6) is 0 Å². The molecule has 1 atom stereocenters. The van der Waals surface area contributed by atoms with Gasteiger partial charge in [0.1, 0.15) is 5.60 Å². The van der Waals surface area contributed by atoms with Gasteiger partial charge in [0.15, 0.2) is 0 Å². The number of hydrogen-bond acceptors (Lipinski definition) is 5. The summed E-state index contributed by atoms with van der Waals surface area (Å²) in [6.07, 6.45) is -0.624. The van der Waals surface area contributed by atoms with Gasteiger partial charge in [0.2, 0.25) is 0 Å². The van der Waals surface area contributed by atoms with Gasteiger partial charge < -0.3 is 14.8 Å². The van der Waals surface area contributed by atoms with Crippen molar-refractivity contribution in [1.29, 1.82) is 0 Å². The van der Waals surface area contributed by atoms with Crippen LogP contribution in [0.1, 0.15) is 41.5 Å². The van der Waals surface area contributed by atoms with Crippen LogP contribution in [-0.4, -0.2) is 54.7 Å². The number of imide groups is 1. The monoisotopic (exact) mass is 334 g/mol. The average molecular weight is 334 g/mol. The molecule has 7 heteroatoms. The number of nitrogens with zero attached hydrogens (tertiary/aromatic N) is 1. The number of alkyl carbamates (subject to hydrolysis) is 1. The molecule has 1 aliphatic rings. The van der Waals surface area contributed by atoms with Gasteiger partial charge in [0, 0.05) is 7.11 Å². The lowest BCUT2D eigenvalue weighted by molar-refractivity contribution is 0.0418. The highest BCUT2D eigenvalue weighted by atomic mass is 16.6. The maximum absolute atomic E-state index is 12.4. The predicted octanol–water partition coefficient (Wildman–Crippen LogP) is 1.82. The lowest BCUT2D eigenvalue weighted by Crippen LogP contribution is -2.49. The number of hydrogen-bond donors (Lipinski definition) is 1. The summed E-state index contributed by atoms with van der Waals surface area (Å²) in [4.78, 5) is 37.8. The van der Waals surface area contributed by atoms with E-state index in [1.165, 1.54) is 7.11 Å². The molecule has 1 heterocycles. The average Bonchev–Trinajstić information content (AvgIpc) is 2.71. The molecule has 0 radical (unpaired) electrons. The predicted molar refractivity (Wildman–Crippen MR) is 86.8 cm³/mol. The first kappa shape index (κ1) is 17.9. The molecule has 0 bridgehead atoms. The van der Waals surface area contributed by atoms with Crippen molar-refractivity contribution in [2.75, 3.05) is 20.3 Å². The smallest absolute Gasteiger partial charge is 0.408 e. The molecule has 0 saturated heterocycles. The summed E-state index contributed by atoms with van der Waals surface area (Å²) in [7, 11) is 1.48. The lowest BCUT2D eigenvalue weighted by atomic mass is 10.1. The van der Waals surface area contributed by atoms with Crippen molar-refractivity contribution in [1.82, 2.24) is 10.2 Å². The second-order valence-electron chi connectivity index (χ2n) is 6.56. The summed E-state index contributed by atoms with van der Waals surface area (Å²) < 4.78 is 10.3. The van der Waals surface area contributed by atoms with Crippen molar-refractivity contribution in [3.8, 4) is 0 Å². The Morgan fingerprint density at radius 2 is 1.71 bits per heavy atom. The number of amides is 3. The zero-order valence-electron chi connectivity index (χ0n) is 14.3. The Morgan fingerprint density at radius 3 is 2.17 bits per heavy atom. The summed E-state index contributed by atoms with van der Waals surface area (Å²) in [5.74, 6) is -0.745. The molecule has 1 N–H and O–H groups in total. The Kier molecular flexibility index (Phi) is 5.23. The van der Waals surface area contributed by atoms with Crippen LogP contribution in [-0.2, 0) is 9.47 Å². The summed E-state index contributed by atoms with van der Waals surface area (Å²) >= 11 is 0. The van der Waals surface area contributed by atoms with Crippen LogP contribution < -0.4 is 5.32 Å². The largest absolute Gasteiger partial charge is 0.444 e. The highest BCUT2D eigenvalue weighted by Crippen LogP contribution is 2.22. The normalized spacial score (nSPS) is 15.2. The molecule has 0 fully saturated rings. The Labute approximate surface area is 140 Å². The van der Waals surface area contributed by atoms with E-state index in [0.717, 1.165) is 4.90 Å². The van der Waals surface area contributed by atoms with Gasteiger partial charge in [-0.3, -0.25) is 14.5 Å². The third-order valence-electron chi connectivity index (χ3n) is 3.37. The summed E-state index contributed by atoms with van der Waals surface area (Å²) in [6, 6.07) is 6.08. The zero-order valence-corrected chi connectivity index (χ0v) is 14.3. The first-order valence-electron chi connectivity index (χ1n) is 7.66. The minimum Gasteiger partial charge on any atom is -0.444 e. The molecule has 24 heavy (non-hydrogen) atoms. The number of methoxy groups -OCH3 is 1. The minimum atomic E-state index is -0.642. The Bertz CT molecular complexity index is 616. The number of fused-ring (bicyclic) bond motifs is 1. The molecule has 0 saturated carbocycles. The number of benzene rings is 1. The van der Waals surface area contributed by atoms with E-state index in [9.17, 15) is 14.4 Å². The van der Waals surface area contributed by atoms with Crippen LogP contribution in [0.4, 0.5) is 4.79 Å². The van der Waals surface area contributed by atoms with Crippen LogP contribution >= 0.6 is 0 Å². The fourth-order valence-corrected chi connectivity index (χ4v) is 2.44. The van der Waals surface area contributed by atoms with Gasteiger partial charge in [0.25, 0.3) is 11.8 Å². The van der Waals surface area contributed by atoms with Gasteiger partial charge >= 0.3 is 6.09 Å². The van der Waals surface area contributed by atoms with E-state index in [0.29, 0.717) is 11.1 Å². The summed E-state index contributed by atoms with van der Waals surface area (Å²) in [5, 5.41) is 2.64. The highest BCUT2D eigenvalue weighted by Gasteiger charge is 2.36. The molecule has 0 spiro atoms. The van der Waals surface area contributed by atoms with Gasteiger partial charge in [-0.1, -0.05) is 12.1 Å². The first-order chi connectivity index (χ1) is 11.2. The Balaban J connectivity index is 2.07. The number of carbonyl (C=O) groups is 3. The third kappa shape index (κ3) is 4.11. The van der Waals surface area contributed by atoms with E-state index < -0.39 is 17.7 Å². The Morgan fingerprint density at radius 1 is 1.17 bits per heavy atom. The quantitative estimate of drug-likeness (QED) is 0.830. The van der Waals surface area contributed by atoms with Crippen LogP contribution in [0.25, 0.3) is 0 Å². The molecule has 1 aromatic rings. The van der Waals surface area contributed by atoms with Crippen molar-refractivity contribution in [2.24, 2.45) is 0 Å². The molecular formula is C17H22N2O5. The SMILES string of the molecule is COC[C@@H](CN1C(=O)c2ccccc2C1=O)NC(=O)OC(C)(C)C. The molecule has 130 valence electrons. The van der Waals surface area contributed by atoms with Crippen molar-refractivity contribution < 1.29 is 23.9 Å². The summed E-state index contributed by atoms with van der Waals surface area (Å²) in [5.41, 5.74) is 0.101. The van der Waals surface area contributed by atoms with E-state index in [1.807, 2.05) is 0 Å². The number of rotatable bonds is 5.